The predicted molar refractivity (Wildman–Crippen MR) is 88.9 cm³/mol. The van der Waals surface area contributed by atoms with Crippen LogP contribution in [0.1, 0.15) is 49.6 Å². The number of nitrogens with zero attached hydrogens (tertiary/aromatic N) is 4. The van der Waals surface area contributed by atoms with Crippen molar-refractivity contribution in [3.8, 4) is 0 Å². The fourth-order valence-corrected chi connectivity index (χ4v) is 3.20. The number of hydrogen-bond acceptors (Lipinski definition) is 5. The molecule has 3 rings (SSSR count). The average Bonchev–Trinajstić information content (AvgIpc) is 3.05. The maximum Gasteiger partial charge on any atom is 0.276 e. The molecule has 130 valence electrons. The van der Waals surface area contributed by atoms with Crippen molar-refractivity contribution in [1.29, 1.82) is 0 Å². The first-order chi connectivity index (χ1) is 10.7. The van der Waals surface area contributed by atoms with Gasteiger partial charge in [0.2, 0.25) is 0 Å². The second-order valence-electron chi connectivity index (χ2n) is 6.23. The smallest absolute Gasteiger partial charge is 0.276 e. The number of nitrogens with one attached hydrogen (secondary N) is 1. The van der Waals surface area contributed by atoms with Crippen molar-refractivity contribution in [2.24, 2.45) is 0 Å². The van der Waals surface area contributed by atoms with E-state index in [1.807, 2.05) is 22.7 Å². The first-order valence-corrected chi connectivity index (χ1v) is 8.24. The highest BCUT2D eigenvalue weighted by molar-refractivity contribution is 5.92. The molecule has 2 fully saturated rings. The van der Waals surface area contributed by atoms with E-state index >= 15 is 0 Å². The minimum Gasteiger partial charge on any atom is -0.375 e. The number of carbonyl (C=O) groups excluding carboxylic acids is 1. The van der Waals surface area contributed by atoms with Gasteiger partial charge in [0.25, 0.3) is 5.91 Å². The second kappa shape index (κ2) is 8.08. The molecule has 0 aliphatic carbocycles. The highest BCUT2D eigenvalue weighted by Crippen LogP contribution is 2.20. The monoisotopic (exact) mass is 343 g/mol. The van der Waals surface area contributed by atoms with E-state index < -0.39 is 0 Å². The number of hydrogen-bond donors (Lipinski definition) is 1. The third kappa shape index (κ3) is 4.02. The van der Waals surface area contributed by atoms with Gasteiger partial charge in [0.15, 0.2) is 5.69 Å². The Kier molecular flexibility index (Phi) is 6.38. The van der Waals surface area contributed by atoms with Crippen LogP contribution in [-0.4, -0.2) is 64.2 Å². The van der Waals surface area contributed by atoms with Gasteiger partial charge in [-0.05, 0) is 39.3 Å². The lowest BCUT2D eigenvalue weighted by atomic mass is 10.1. The van der Waals surface area contributed by atoms with Crippen LogP contribution >= 0.6 is 12.4 Å². The molecule has 0 aromatic carbocycles. The topological polar surface area (TPSA) is 72.3 Å². The molecule has 1 aromatic heterocycles. The molecule has 2 aliphatic heterocycles. The lowest BCUT2D eigenvalue weighted by molar-refractivity contribution is -0.0446. The summed E-state index contributed by atoms with van der Waals surface area (Å²) in [4.78, 5) is 14.6. The van der Waals surface area contributed by atoms with Crippen molar-refractivity contribution in [2.45, 2.75) is 51.3 Å². The summed E-state index contributed by atoms with van der Waals surface area (Å²) in [5.41, 5.74) is 0.450. The lowest BCUT2D eigenvalue weighted by Crippen LogP contribution is -2.51. The zero-order valence-electron chi connectivity index (χ0n) is 13.8. The van der Waals surface area contributed by atoms with Crippen molar-refractivity contribution >= 4 is 18.3 Å². The molecule has 2 aliphatic rings. The van der Waals surface area contributed by atoms with Crippen LogP contribution in [0.3, 0.4) is 0 Å². The first-order valence-electron chi connectivity index (χ1n) is 8.24. The second-order valence-corrected chi connectivity index (χ2v) is 6.23. The SMILES string of the molecule is CCC1COC(C)CN1C(=O)c1cn(C2CCNCC2)nn1.Cl. The molecule has 1 N–H and O–H groups in total. The van der Waals surface area contributed by atoms with E-state index in [4.69, 9.17) is 4.74 Å². The zero-order valence-corrected chi connectivity index (χ0v) is 14.6. The summed E-state index contributed by atoms with van der Waals surface area (Å²) in [6.07, 6.45) is 4.84. The molecule has 0 radical (unpaired) electrons. The van der Waals surface area contributed by atoms with Gasteiger partial charge in [-0.25, -0.2) is 4.68 Å². The van der Waals surface area contributed by atoms with Crippen molar-refractivity contribution in [1.82, 2.24) is 25.2 Å². The molecule has 0 spiro atoms. The summed E-state index contributed by atoms with van der Waals surface area (Å²) in [5, 5.41) is 11.6. The normalized spacial score (nSPS) is 25.9. The summed E-state index contributed by atoms with van der Waals surface area (Å²) in [6.45, 7) is 7.29. The van der Waals surface area contributed by atoms with Crippen LogP contribution in [0.5, 0.6) is 0 Å². The fraction of sp³-hybridized carbons (Fsp3) is 0.800. The van der Waals surface area contributed by atoms with Gasteiger partial charge in [-0.2, -0.15) is 0 Å². The third-order valence-electron chi connectivity index (χ3n) is 4.61. The van der Waals surface area contributed by atoms with Gasteiger partial charge in [0, 0.05) is 6.54 Å². The van der Waals surface area contributed by atoms with Gasteiger partial charge in [0.05, 0.1) is 31.0 Å². The van der Waals surface area contributed by atoms with Gasteiger partial charge in [0.1, 0.15) is 0 Å². The van der Waals surface area contributed by atoms with Crippen LogP contribution in [-0.2, 0) is 4.74 Å². The first kappa shape index (κ1) is 18.2. The van der Waals surface area contributed by atoms with Gasteiger partial charge in [-0.15, -0.1) is 17.5 Å². The number of ether oxygens (including phenoxy) is 1. The highest BCUT2D eigenvalue weighted by atomic mass is 35.5. The Morgan fingerprint density at radius 1 is 1.43 bits per heavy atom. The van der Waals surface area contributed by atoms with Gasteiger partial charge in [-0.3, -0.25) is 4.79 Å². The number of halogens is 1. The summed E-state index contributed by atoms with van der Waals surface area (Å²) in [6, 6.07) is 0.480. The third-order valence-corrected chi connectivity index (χ3v) is 4.61. The Morgan fingerprint density at radius 3 is 2.87 bits per heavy atom. The van der Waals surface area contributed by atoms with Crippen LogP contribution in [0.15, 0.2) is 6.20 Å². The number of carbonyl (C=O) groups is 1. The summed E-state index contributed by atoms with van der Waals surface area (Å²) >= 11 is 0. The Bertz CT molecular complexity index is 518. The van der Waals surface area contributed by atoms with E-state index in [1.54, 1.807) is 0 Å². The molecule has 2 atom stereocenters. The van der Waals surface area contributed by atoms with E-state index in [9.17, 15) is 4.79 Å². The molecule has 1 aromatic rings. The van der Waals surface area contributed by atoms with Crippen LogP contribution < -0.4 is 5.32 Å². The van der Waals surface area contributed by atoms with Gasteiger partial charge in [-0.1, -0.05) is 12.1 Å². The number of aromatic nitrogens is 3. The van der Waals surface area contributed by atoms with Crippen LogP contribution in [0, 0.1) is 0 Å². The molecule has 0 bridgehead atoms. The number of rotatable bonds is 3. The van der Waals surface area contributed by atoms with Crippen molar-refractivity contribution in [2.75, 3.05) is 26.2 Å². The predicted octanol–water partition coefficient (Wildman–Crippen LogP) is 1.26. The fourth-order valence-electron chi connectivity index (χ4n) is 3.20. The zero-order chi connectivity index (χ0) is 15.5. The molecule has 8 heteroatoms. The summed E-state index contributed by atoms with van der Waals surface area (Å²) in [7, 11) is 0. The number of piperidine rings is 1. The molecular formula is C15H26ClN5O2. The molecule has 2 saturated heterocycles. The molecular weight excluding hydrogens is 318 g/mol. The van der Waals surface area contributed by atoms with E-state index in [-0.39, 0.29) is 30.5 Å². The van der Waals surface area contributed by atoms with E-state index in [1.165, 1.54) is 0 Å². The van der Waals surface area contributed by atoms with Crippen molar-refractivity contribution in [3.05, 3.63) is 11.9 Å². The molecule has 2 unspecified atom stereocenters. The largest absolute Gasteiger partial charge is 0.375 e. The van der Waals surface area contributed by atoms with Crippen LogP contribution in [0.25, 0.3) is 0 Å². The maximum absolute atomic E-state index is 12.8. The Hall–Kier alpha value is -1.18. The molecule has 0 saturated carbocycles. The standard InChI is InChI=1S/C15H25N5O2.ClH/c1-3-12-10-22-11(2)8-19(12)15(21)14-9-20(18-17-14)13-4-6-16-7-5-13;/h9,11-13,16H,3-8,10H2,1-2H3;1H. The Morgan fingerprint density at radius 2 is 2.17 bits per heavy atom. The van der Waals surface area contributed by atoms with E-state index in [0.29, 0.717) is 24.9 Å². The average molecular weight is 344 g/mol. The van der Waals surface area contributed by atoms with E-state index in [2.05, 4.69) is 22.6 Å². The minimum absolute atomic E-state index is 0. The van der Waals surface area contributed by atoms with Crippen molar-refractivity contribution in [3.63, 3.8) is 0 Å². The van der Waals surface area contributed by atoms with Crippen molar-refractivity contribution < 1.29 is 9.53 Å². The summed E-state index contributed by atoms with van der Waals surface area (Å²) < 4.78 is 7.52. The summed E-state index contributed by atoms with van der Waals surface area (Å²) in [5.74, 6) is -0.0258. The van der Waals surface area contributed by atoms with Crippen LogP contribution in [0.2, 0.25) is 0 Å². The Labute approximate surface area is 143 Å². The van der Waals surface area contributed by atoms with Gasteiger partial charge < -0.3 is 15.0 Å². The molecule has 3 heterocycles. The molecule has 23 heavy (non-hydrogen) atoms. The number of morpholine rings is 1. The lowest BCUT2D eigenvalue weighted by Gasteiger charge is -2.37. The maximum atomic E-state index is 12.8. The highest BCUT2D eigenvalue weighted by Gasteiger charge is 2.31. The van der Waals surface area contributed by atoms with E-state index in [0.717, 1.165) is 32.4 Å². The Balaban J connectivity index is 0.00000192. The molecule has 1 amide bonds. The van der Waals surface area contributed by atoms with Crippen LogP contribution in [0.4, 0.5) is 0 Å². The number of amides is 1. The minimum atomic E-state index is -0.0258. The molecule has 7 nitrogen and oxygen atoms in total. The van der Waals surface area contributed by atoms with Gasteiger partial charge >= 0.3 is 0 Å². The quantitative estimate of drug-likeness (QED) is 0.894.